The van der Waals surface area contributed by atoms with E-state index in [2.05, 4.69) is 4.57 Å². The number of carboxylic acid groups (broad SMARTS) is 1. The number of rotatable bonds is 6. The van der Waals surface area contributed by atoms with Crippen LogP contribution in [-0.2, 0) is 16.1 Å². The number of carboxylic acids is 1. The van der Waals surface area contributed by atoms with Crippen molar-refractivity contribution in [3.63, 3.8) is 0 Å². The van der Waals surface area contributed by atoms with Crippen LogP contribution >= 0.6 is 0 Å². The van der Waals surface area contributed by atoms with Crippen molar-refractivity contribution < 1.29 is 24.2 Å². The molecule has 152 valence electrons. The van der Waals surface area contributed by atoms with Gasteiger partial charge < -0.3 is 19.1 Å². The third-order valence-electron chi connectivity index (χ3n) is 5.18. The number of carbonyl (C=O) groups is 2. The van der Waals surface area contributed by atoms with E-state index in [4.69, 9.17) is 9.47 Å². The van der Waals surface area contributed by atoms with Crippen molar-refractivity contribution in [3.05, 3.63) is 64.8 Å². The van der Waals surface area contributed by atoms with Crippen molar-refractivity contribution in [2.24, 2.45) is 0 Å². The number of nitrogens with zero attached hydrogens (tertiary/aromatic N) is 1. The second kappa shape index (κ2) is 7.62. The van der Waals surface area contributed by atoms with Crippen LogP contribution in [0.4, 0.5) is 0 Å². The van der Waals surface area contributed by atoms with Crippen molar-refractivity contribution in [2.75, 3.05) is 7.11 Å². The Bertz CT molecular complexity index is 1090. The zero-order valence-corrected chi connectivity index (χ0v) is 17.3. The Labute approximate surface area is 169 Å². The van der Waals surface area contributed by atoms with Gasteiger partial charge in [0.05, 0.1) is 12.7 Å². The fraction of sp³-hybridized carbons (Fsp3) is 0.304. The van der Waals surface area contributed by atoms with Gasteiger partial charge in [0.25, 0.3) is 0 Å². The van der Waals surface area contributed by atoms with Gasteiger partial charge in [0.15, 0.2) is 5.60 Å². The predicted octanol–water partition coefficient (Wildman–Crippen LogP) is 4.34. The lowest BCUT2D eigenvalue weighted by Crippen LogP contribution is -2.39. The summed E-state index contributed by atoms with van der Waals surface area (Å²) in [5.41, 5.74) is 3.30. The van der Waals surface area contributed by atoms with Crippen LogP contribution in [0.25, 0.3) is 10.9 Å². The molecule has 6 heteroatoms. The molecular weight excluding hydrogens is 370 g/mol. The first-order chi connectivity index (χ1) is 13.6. The maximum absolute atomic E-state index is 11.9. The molecule has 0 radical (unpaired) electrons. The number of fused-ring (bicyclic) bond motifs is 1. The molecular formula is C23H25NO5. The largest absolute Gasteiger partial charge is 0.478 e. The van der Waals surface area contributed by atoms with Gasteiger partial charge in [0.1, 0.15) is 5.75 Å². The molecule has 0 spiro atoms. The molecule has 0 atom stereocenters. The van der Waals surface area contributed by atoms with Gasteiger partial charge in [-0.05, 0) is 69.2 Å². The Morgan fingerprint density at radius 1 is 1.10 bits per heavy atom. The first-order valence-electron chi connectivity index (χ1n) is 9.33. The maximum atomic E-state index is 11.9. The smallest absolute Gasteiger partial charge is 0.349 e. The molecule has 0 unspecified atom stereocenters. The minimum absolute atomic E-state index is 0.276. The summed E-state index contributed by atoms with van der Waals surface area (Å²) in [6.45, 7) is 7.95. The highest BCUT2D eigenvalue weighted by Crippen LogP contribution is 2.28. The third-order valence-corrected chi connectivity index (χ3v) is 5.18. The molecule has 0 aliphatic heterocycles. The van der Waals surface area contributed by atoms with Gasteiger partial charge in [-0.25, -0.2) is 9.59 Å². The van der Waals surface area contributed by atoms with E-state index in [-0.39, 0.29) is 5.56 Å². The topological polar surface area (TPSA) is 77.8 Å². The number of esters is 1. The van der Waals surface area contributed by atoms with Crippen LogP contribution in [0.5, 0.6) is 5.75 Å². The first-order valence-corrected chi connectivity index (χ1v) is 9.33. The highest BCUT2D eigenvalue weighted by Gasteiger charge is 2.31. The molecule has 0 bridgehead atoms. The minimum Gasteiger partial charge on any atom is -0.478 e. The second-order valence-electron chi connectivity index (χ2n) is 7.58. The monoisotopic (exact) mass is 395 g/mol. The number of aromatic carboxylic acids is 1. The molecule has 0 amide bonds. The van der Waals surface area contributed by atoms with Crippen molar-refractivity contribution >= 4 is 22.8 Å². The Balaban J connectivity index is 1.95. The van der Waals surface area contributed by atoms with Crippen LogP contribution in [0.3, 0.4) is 0 Å². The molecule has 0 fully saturated rings. The van der Waals surface area contributed by atoms with Crippen LogP contribution in [-0.4, -0.2) is 34.3 Å². The minimum atomic E-state index is -1.09. The van der Waals surface area contributed by atoms with Crippen LogP contribution in [0.1, 0.15) is 41.0 Å². The molecule has 1 heterocycles. The zero-order chi connectivity index (χ0) is 21.3. The van der Waals surface area contributed by atoms with Gasteiger partial charge in [0, 0.05) is 23.1 Å². The van der Waals surface area contributed by atoms with E-state index < -0.39 is 17.5 Å². The van der Waals surface area contributed by atoms with Gasteiger partial charge in [-0.1, -0.05) is 12.1 Å². The summed E-state index contributed by atoms with van der Waals surface area (Å²) in [5.74, 6) is -0.799. The Hall–Kier alpha value is -3.28. The molecule has 0 aliphatic rings. The number of carbonyl (C=O) groups excluding carboxylic acids is 1. The number of hydrogen-bond donors (Lipinski definition) is 1. The molecule has 0 aliphatic carbocycles. The summed E-state index contributed by atoms with van der Waals surface area (Å²) in [7, 11) is 1.34. The number of ether oxygens (including phenoxy) is 2. The van der Waals surface area contributed by atoms with Gasteiger partial charge >= 0.3 is 11.9 Å². The zero-order valence-electron chi connectivity index (χ0n) is 17.3. The second-order valence-corrected chi connectivity index (χ2v) is 7.58. The summed E-state index contributed by atoms with van der Waals surface area (Å²) < 4.78 is 12.8. The normalized spacial score (nSPS) is 11.5. The van der Waals surface area contributed by atoms with Crippen molar-refractivity contribution in [1.29, 1.82) is 0 Å². The molecule has 1 aromatic heterocycles. The Morgan fingerprint density at radius 2 is 1.83 bits per heavy atom. The predicted molar refractivity (Wildman–Crippen MR) is 111 cm³/mol. The van der Waals surface area contributed by atoms with Gasteiger partial charge in [-0.15, -0.1) is 0 Å². The van der Waals surface area contributed by atoms with Crippen LogP contribution in [0.2, 0.25) is 0 Å². The van der Waals surface area contributed by atoms with E-state index in [1.54, 1.807) is 32.0 Å². The average Bonchev–Trinajstić information content (AvgIpc) is 2.91. The molecule has 3 aromatic rings. The lowest BCUT2D eigenvalue weighted by Gasteiger charge is -2.23. The number of aromatic nitrogens is 1. The average molecular weight is 395 g/mol. The quantitative estimate of drug-likeness (QED) is 0.629. The van der Waals surface area contributed by atoms with Crippen molar-refractivity contribution in [2.45, 2.75) is 39.8 Å². The lowest BCUT2D eigenvalue weighted by molar-refractivity contribution is -0.156. The van der Waals surface area contributed by atoms with Crippen molar-refractivity contribution in [1.82, 2.24) is 4.57 Å². The molecule has 0 saturated heterocycles. The van der Waals surface area contributed by atoms with E-state index in [0.29, 0.717) is 12.3 Å². The standard InChI is InChI=1S/C23H25NO5/c1-14-15(2)24(20-10-9-17(21(25)26)12-19(14)20)13-16-7-6-8-18(11-16)29-23(3,4)22(27)28-5/h6-12H,13H2,1-5H3,(H,25,26). The fourth-order valence-corrected chi connectivity index (χ4v) is 3.46. The van der Waals surface area contributed by atoms with Crippen molar-refractivity contribution in [3.8, 4) is 5.75 Å². The lowest BCUT2D eigenvalue weighted by atomic mass is 10.1. The summed E-state index contributed by atoms with van der Waals surface area (Å²) >= 11 is 0. The molecule has 1 N–H and O–H groups in total. The Kier molecular flexibility index (Phi) is 5.38. The number of benzene rings is 2. The number of aryl methyl sites for hydroxylation is 1. The fourth-order valence-electron chi connectivity index (χ4n) is 3.46. The van der Waals surface area contributed by atoms with Gasteiger partial charge in [0.2, 0.25) is 0 Å². The van der Waals surface area contributed by atoms with E-state index in [0.717, 1.165) is 27.7 Å². The van der Waals surface area contributed by atoms with Crippen LogP contribution in [0.15, 0.2) is 42.5 Å². The number of hydrogen-bond acceptors (Lipinski definition) is 4. The molecule has 29 heavy (non-hydrogen) atoms. The summed E-state index contributed by atoms with van der Waals surface area (Å²) in [4.78, 5) is 23.2. The molecule has 0 saturated carbocycles. The summed E-state index contributed by atoms with van der Waals surface area (Å²) in [5, 5.41) is 10.2. The summed E-state index contributed by atoms with van der Waals surface area (Å²) in [6.07, 6.45) is 0. The molecule has 3 rings (SSSR count). The van der Waals surface area contributed by atoms with E-state index in [1.165, 1.54) is 7.11 Å². The Morgan fingerprint density at radius 3 is 2.48 bits per heavy atom. The summed E-state index contributed by atoms with van der Waals surface area (Å²) in [6, 6.07) is 12.8. The highest BCUT2D eigenvalue weighted by molar-refractivity contribution is 5.95. The molecule has 2 aromatic carbocycles. The van der Waals surface area contributed by atoms with E-state index in [1.807, 2.05) is 38.1 Å². The number of methoxy groups -OCH3 is 1. The molecule has 6 nitrogen and oxygen atoms in total. The third kappa shape index (κ3) is 3.97. The SMILES string of the molecule is COC(=O)C(C)(C)Oc1cccc(Cn2c(C)c(C)c3cc(C(=O)O)ccc32)c1. The first kappa shape index (κ1) is 20.5. The van der Waals surface area contributed by atoms with E-state index >= 15 is 0 Å². The highest BCUT2D eigenvalue weighted by atomic mass is 16.6. The van der Waals surface area contributed by atoms with E-state index in [9.17, 15) is 14.7 Å². The van der Waals surface area contributed by atoms with Gasteiger partial charge in [-0.3, -0.25) is 0 Å². The maximum Gasteiger partial charge on any atom is 0.349 e. The van der Waals surface area contributed by atoms with Gasteiger partial charge in [-0.2, -0.15) is 0 Å². The van der Waals surface area contributed by atoms with Crippen LogP contribution < -0.4 is 4.74 Å². The van der Waals surface area contributed by atoms with Crippen LogP contribution in [0, 0.1) is 13.8 Å².